The highest BCUT2D eigenvalue weighted by Crippen LogP contribution is 2.31. The summed E-state index contributed by atoms with van der Waals surface area (Å²) in [4.78, 5) is 55.4. The minimum Gasteiger partial charge on any atom is -0.454 e. The van der Waals surface area contributed by atoms with Gasteiger partial charge in [-0.15, -0.1) is 0 Å². The van der Waals surface area contributed by atoms with Crippen LogP contribution in [0.1, 0.15) is 43.1 Å². The molecule has 2 aromatic heterocycles. The van der Waals surface area contributed by atoms with Gasteiger partial charge in [0.1, 0.15) is 22.9 Å². The Morgan fingerprint density at radius 3 is 2.39 bits per heavy atom. The molecule has 0 unspecified atom stereocenters. The van der Waals surface area contributed by atoms with Crippen molar-refractivity contribution in [2.24, 2.45) is 5.92 Å². The zero-order valence-electron chi connectivity index (χ0n) is 22.1. The average molecular weight is 562 g/mol. The third kappa shape index (κ3) is 6.06. The predicted octanol–water partition coefficient (Wildman–Crippen LogP) is 4.65. The average Bonchev–Trinajstić information content (AvgIpc) is 3.77. The molecule has 0 bridgehead atoms. The van der Waals surface area contributed by atoms with Crippen LogP contribution in [0.5, 0.6) is 11.5 Å². The lowest BCUT2D eigenvalue weighted by Gasteiger charge is -2.16. The summed E-state index contributed by atoms with van der Waals surface area (Å²) in [5.74, 6) is -2.02. The highest BCUT2D eigenvalue weighted by atomic mass is 19.1. The molecule has 10 nitrogen and oxygen atoms in total. The topological polar surface area (TPSA) is 124 Å². The summed E-state index contributed by atoms with van der Waals surface area (Å²) in [6, 6.07) is 10.9. The number of halogens is 2. The van der Waals surface area contributed by atoms with Crippen LogP contribution in [-0.4, -0.2) is 25.9 Å². The fourth-order valence-electron chi connectivity index (χ4n) is 4.02. The lowest BCUT2D eigenvalue weighted by Crippen LogP contribution is -2.42. The third-order valence-electron chi connectivity index (χ3n) is 6.35. The first-order valence-electron chi connectivity index (χ1n) is 12.8. The van der Waals surface area contributed by atoms with Gasteiger partial charge in [-0.05, 0) is 69.2 Å². The summed E-state index contributed by atoms with van der Waals surface area (Å²) >= 11 is 0. The quantitative estimate of drug-likeness (QED) is 0.323. The van der Waals surface area contributed by atoms with Gasteiger partial charge >= 0.3 is 5.69 Å². The van der Waals surface area contributed by atoms with Gasteiger partial charge in [0.15, 0.2) is 11.6 Å². The van der Waals surface area contributed by atoms with Crippen LogP contribution >= 0.6 is 0 Å². The van der Waals surface area contributed by atoms with E-state index in [1.165, 1.54) is 47.2 Å². The molecule has 5 rings (SSSR count). The largest absolute Gasteiger partial charge is 0.454 e. The van der Waals surface area contributed by atoms with Crippen molar-refractivity contribution >= 4 is 23.3 Å². The monoisotopic (exact) mass is 561 g/mol. The van der Waals surface area contributed by atoms with Crippen LogP contribution < -0.4 is 26.6 Å². The number of nitrogens with one attached hydrogen (secondary N) is 2. The Kier molecular flexibility index (Phi) is 7.47. The van der Waals surface area contributed by atoms with E-state index < -0.39 is 34.8 Å². The van der Waals surface area contributed by atoms with Crippen LogP contribution in [0, 0.1) is 17.6 Å². The standard InChI is InChI=1S/C29H25F2N5O5/c1-16(2)35-15-22(28(39)36(29(35)40)20-8-5-18(30)6-9-20)27(38)33-19-7-10-24(23(31)13-19)41-21-11-12-32-25(14-21)34-26(37)17-3-4-17/h5-17H,3-4H2,1-2H3,(H,33,38)(H,32,34,37). The fraction of sp³-hybridized carbons (Fsp3) is 0.207. The molecule has 41 heavy (non-hydrogen) atoms. The summed E-state index contributed by atoms with van der Waals surface area (Å²) < 4.78 is 36.0. The molecule has 12 heteroatoms. The molecule has 0 spiro atoms. The summed E-state index contributed by atoms with van der Waals surface area (Å²) in [5, 5.41) is 5.16. The lowest BCUT2D eigenvalue weighted by molar-refractivity contribution is -0.117. The van der Waals surface area contributed by atoms with Gasteiger partial charge in [-0.1, -0.05) is 0 Å². The minimum atomic E-state index is -0.918. The normalized spacial score (nSPS) is 12.7. The Balaban J connectivity index is 1.37. The van der Waals surface area contributed by atoms with Gasteiger partial charge in [-0.3, -0.25) is 19.0 Å². The molecular weight excluding hydrogens is 536 g/mol. The molecule has 2 amide bonds. The predicted molar refractivity (Wildman–Crippen MR) is 147 cm³/mol. The molecule has 0 atom stereocenters. The maximum atomic E-state index is 14.9. The van der Waals surface area contributed by atoms with Gasteiger partial charge in [-0.2, -0.15) is 0 Å². The van der Waals surface area contributed by atoms with Gasteiger partial charge in [0.25, 0.3) is 11.5 Å². The molecule has 0 aliphatic heterocycles. The van der Waals surface area contributed by atoms with E-state index in [0.29, 0.717) is 0 Å². The summed E-state index contributed by atoms with van der Waals surface area (Å²) in [5.41, 5.74) is -1.88. The molecule has 1 saturated carbocycles. The Morgan fingerprint density at radius 2 is 1.73 bits per heavy atom. The smallest absolute Gasteiger partial charge is 0.335 e. The number of pyridine rings is 1. The van der Waals surface area contributed by atoms with E-state index in [9.17, 15) is 28.0 Å². The maximum absolute atomic E-state index is 14.9. The van der Waals surface area contributed by atoms with E-state index in [1.807, 2.05) is 0 Å². The molecule has 1 fully saturated rings. The van der Waals surface area contributed by atoms with E-state index in [0.717, 1.165) is 41.8 Å². The van der Waals surface area contributed by atoms with Crippen molar-refractivity contribution in [2.45, 2.75) is 32.7 Å². The van der Waals surface area contributed by atoms with Crippen molar-refractivity contribution in [3.63, 3.8) is 0 Å². The molecule has 1 aliphatic carbocycles. The van der Waals surface area contributed by atoms with Crippen molar-refractivity contribution < 1.29 is 23.1 Å². The first-order valence-corrected chi connectivity index (χ1v) is 12.8. The van der Waals surface area contributed by atoms with E-state index in [-0.39, 0.29) is 46.1 Å². The SMILES string of the molecule is CC(C)n1cc(C(=O)Nc2ccc(Oc3ccnc(NC(=O)C4CC4)c3)c(F)c2)c(=O)n(-c2ccc(F)cc2)c1=O. The zero-order chi connectivity index (χ0) is 29.3. The van der Waals surface area contributed by atoms with Gasteiger partial charge in [-0.25, -0.2) is 23.1 Å². The van der Waals surface area contributed by atoms with Crippen LogP contribution in [0.2, 0.25) is 0 Å². The second-order valence-electron chi connectivity index (χ2n) is 9.79. The van der Waals surface area contributed by atoms with Gasteiger partial charge in [0, 0.05) is 42.2 Å². The number of anilines is 2. The molecular formula is C29H25F2N5O5. The van der Waals surface area contributed by atoms with Gasteiger partial charge in [0.2, 0.25) is 5.91 Å². The van der Waals surface area contributed by atoms with Crippen LogP contribution in [-0.2, 0) is 4.79 Å². The number of carbonyl (C=O) groups excluding carboxylic acids is 2. The molecule has 2 aromatic carbocycles. The minimum absolute atomic E-state index is 0.0128. The number of nitrogens with zero attached hydrogens (tertiary/aromatic N) is 3. The molecule has 0 radical (unpaired) electrons. The zero-order valence-corrected chi connectivity index (χ0v) is 22.1. The number of hydrogen-bond acceptors (Lipinski definition) is 6. The molecule has 2 heterocycles. The second kappa shape index (κ2) is 11.2. The summed E-state index contributed by atoms with van der Waals surface area (Å²) in [6.07, 6.45) is 4.23. The first kappa shape index (κ1) is 27.4. The van der Waals surface area contributed by atoms with Crippen LogP contribution in [0.4, 0.5) is 20.3 Å². The third-order valence-corrected chi connectivity index (χ3v) is 6.35. The van der Waals surface area contributed by atoms with E-state index >= 15 is 0 Å². The molecule has 0 saturated heterocycles. The van der Waals surface area contributed by atoms with Gasteiger partial charge < -0.3 is 15.4 Å². The number of hydrogen-bond donors (Lipinski definition) is 2. The van der Waals surface area contributed by atoms with Crippen LogP contribution in [0.15, 0.2) is 76.6 Å². The van der Waals surface area contributed by atoms with Crippen molar-refractivity contribution in [1.29, 1.82) is 0 Å². The highest BCUT2D eigenvalue weighted by Gasteiger charge is 2.29. The molecule has 1 aliphatic rings. The van der Waals surface area contributed by atoms with Crippen molar-refractivity contribution in [1.82, 2.24) is 14.1 Å². The van der Waals surface area contributed by atoms with Crippen LogP contribution in [0.25, 0.3) is 5.69 Å². The molecule has 4 aromatic rings. The maximum Gasteiger partial charge on any atom is 0.335 e. The Bertz CT molecular complexity index is 1760. The Hall–Kier alpha value is -5.13. The lowest BCUT2D eigenvalue weighted by atomic mass is 10.2. The fourth-order valence-corrected chi connectivity index (χ4v) is 4.02. The number of carbonyl (C=O) groups is 2. The molecule has 2 N–H and O–H groups in total. The number of rotatable bonds is 8. The summed E-state index contributed by atoms with van der Waals surface area (Å²) in [7, 11) is 0. The Morgan fingerprint density at radius 1 is 1.00 bits per heavy atom. The van der Waals surface area contributed by atoms with E-state index in [1.54, 1.807) is 13.8 Å². The number of ether oxygens (including phenoxy) is 1. The first-order chi connectivity index (χ1) is 19.6. The Labute approximate surface area is 232 Å². The molecule has 210 valence electrons. The van der Waals surface area contributed by atoms with Crippen molar-refractivity contribution in [3.8, 4) is 17.2 Å². The van der Waals surface area contributed by atoms with Crippen molar-refractivity contribution in [2.75, 3.05) is 10.6 Å². The van der Waals surface area contributed by atoms with Crippen molar-refractivity contribution in [3.05, 3.63) is 105 Å². The number of amides is 2. The van der Waals surface area contributed by atoms with E-state index in [2.05, 4.69) is 15.6 Å². The highest BCUT2D eigenvalue weighted by molar-refractivity contribution is 6.03. The van der Waals surface area contributed by atoms with E-state index in [4.69, 9.17) is 4.74 Å². The van der Waals surface area contributed by atoms with Crippen LogP contribution in [0.3, 0.4) is 0 Å². The van der Waals surface area contributed by atoms with Gasteiger partial charge in [0.05, 0.1) is 5.69 Å². The number of aromatic nitrogens is 3. The second-order valence-corrected chi connectivity index (χ2v) is 9.79. The number of benzene rings is 2. The summed E-state index contributed by atoms with van der Waals surface area (Å²) in [6.45, 7) is 3.40.